The Morgan fingerprint density at radius 1 is 1.40 bits per heavy atom. The molecule has 1 aliphatic rings. The summed E-state index contributed by atoms with van der Waals surface area (Å²) < 4.78 is 11.3. The Bertz CT molecular complexity index is 177. The lowest BCUT2D eigenvalue weighted by Crippen LogP contribution is -2.44. The standard InChI is InChI=1S/C12H25NO2/c1-5-11-10-13(6-8-14-11)7-9-15-12(2,3)4/h11H,5-10H2,1-4H3/t11-/m0/s1. The van der Waals surface area contributed by atoms with Crippen LogP contribution in [0.4, 0.5) is 0 Å². The van der Waals surface area contributed by atoms with Gasteiger partial charge in [-0.25, -0.2) is 0 Å². The van der Waals surface area contributed by atoms with Crippen molar-refractivity contribution in [1.82, 2.24) is 4.90 Å². The lowest BCUT2D eigenvalue weighted by molar-refractivity contribution is -0.0542. The van der Waals surface area contributed by atoms with Crippen molar-refractivity contribution in [2.75, 3.05) is 32.8 Å². The SMILES string of the molecule is CC[C@H]1CN(CCOC(C)(C)C)CCO1. The zero-order chi connectivity index (χ0) is 11.3. The highest BCUT2D eigenvalue weighted by molar-refractivity contribution is 4.70. The van der Waals surface area contributed by atoms with E-state index >= 15 is 0 Å². The van der Waals surface area contributed by atoms with Gasteiger partial charge in [-0.2, -0.15) is 0 Å². The highest BCUT2D eigenvalue weighted by Gasteiger charge is 2.19. The van der Waals surface area contributed by atoms with Gasteiger partial charge in [0.2, 0.25) is 0 Å². The summed E-state index contributed by atoms with van der Waals surface area (Å²) in [5, 5.41) is 0. The van der Waals surface area contributed by atoms with Gasteiger partial charge in [0.15, 0.2) is 0 Å². The monoisotopic (exact) mass is 215 g/mol. The second-order valence-electron chi connectivity index (χ2n) is 5.16. The van der Waals surface area contributed by atoms with Crippen molar-refractivity contribution in [2.45, 2.75) is 45.8 Å². The molecular weight excluding hydrogens is 190 g/mol. The molecule has 0 amide bonds. The second kappa shape index (κ2) is 5.83. The van der Waals surface area contributed by atoms with Gasteiger partial charge in [-0.3, -0.25) is 4.90 Å². The molecule has 0 bridgehead atoms. The number of nitrogens with zero attached hydrogens (tertiary/aromatic N) is 1. The predicted molar refractivity (Wildman–Crippen MR) is 62.2 cm³/mol. The van der Waals surface area contributed by atoms with E-state index in [1.807, 2.05) is 0 Å². The van der Waals surface area contributed by atoms with Crippen LogP contribution in [0.25, 0.3) is 0 Å². The number of hydrogen-bond acceptors (Lipinski definition) is 3. The summed E-state index contributed by atoms with van der Waals surface area (Å²) in [7, 11) is 0. The van der Waals surface area contributed by atoms with Gasteiger partial charge in [-0.15, -0.1) is 0 Å². The molecule has 15 heavy (non-hydrogen) atoms. The molecule has 0 aromatic heterocycles. The van der Waals surface area contributed by atoms with Crippen LogP contribution in [0.1, 0.15) is 34.1 Å². The Morgan fingerprint density at radius 3 is 2.73 bits per heavy atom. The third kappa shape index (κ3) is 5.50. The van der Waals surface area contributed by atoms with Crippen molar-refractivity contribution in [2.24, 2.45) is 0 Å². The lowest BCUT2D eigenvalue weighted by atomic mass is 10.2. The molecule has 3 heteroatoms. The Labute approximate surface area is 93.7 Å². The molecule has 0 spiro atoms. The fourth-order valence-electron chi connectivity index (χ4n) is 1.71. The van der Waals surface area contributed by atoms with Crippen LogP contribution in [-0.4, -0.2) is 49.5 Å². The van der Waals surface area contributed by atoms with E-state index in [1.54, 1.807) is 0 Å². The molecule has 1 rings (SSSR count). The summed E-state index contributed by atoms with van der Waals surface area (Å²) in [5.74, 6) is 0. The molecule has 0 N–H and O–H groups in total. The van der Waals surface area contributed by atoms with Crippen molar-refractivity contribution in [3.8, 4) is 0 Å². The van der Waals surface area contributed by atoms with E-state index in [0.717, 1.165) is 39.3 Å². The third-order valence-electron chi connectivity index (χ3n) is 2.62. The summed E-state index contributed by atoms with van der Waals surface area (Å²) in [5.41, 5.74) is -0.0174. The average molecular weight is 215 g/mol. The van der Waals surface area contributed by atoms with Crippen LogP contribution in [0.5, 0.6) is 0 Å². The van der Waals surface area contributed by atoms with Gasteiger partial charge in [0.05, 0.1) is 24.9 Å². The minimum Gasteiger partial charge on any atom is -0.376 e. The second-order valence-corrected chi connectivity index (χ2v) is 5.16. The molecule has 1 heterocycles. The van der Waals surface area contributed by atoms with Gasteiger partial charge in [-0.05, 0) is 27.2 Å². The minimum absolute atomic E-state index is 0.0174. The Balaban J connectivity index is 2.15. The summed E-state index contributed by atoms with van der Waals surface area (Å²) in [6.45, 7) is 13.3. The van der Waals surface area contributed by atoms with Gasteiger partial charge in [0.25, 0.3) is 0 Å². The minimum atomic E-state index is -0.0174. The van der Waals surface area contributed by atoms with Gasteiger partial charge in [0, 0.05) is 19.6 Å². The Morgan fingerprint density at radius 2 is 2.13 bits per heavy atom. The first-order valence-corrected chi connectivity index (χ1v) is 5.99. The van der Waals surface area contributed by atoms with Crippen molar-refractivity contribution < 1.29 is 9.47 Å². The van der Waals surface area contributed by atoms with E-state index in [4.69, 9.17) is 9.47 Å². The van der Waals surface area contributed by atoms with Crippen LogP contribution < -0.4 is 0 Å². The molecule has 1 aliphatic heterocycles. The largest absolute Gasteiger partial charge is 0.376 e. The normalized spacial score (nSPS) is 24.4. The smallest absolute Gasteiger partial charge is 0.0700 e. The van der Waals surface area contributed by atoms with Crippen LogP contribution in [0.2, 0.25) is 0 Å². The summed E-state index contributed by atoms with van der Waals surface area (Å²) in [6, 6.07) is 0. The molecule has 0 unspecified atom stereocenters. The Kier molecular flexibility index (Phi) is 5.03. The number of ether oxygens (including phenoxy) is 2. The van der Waals surface area contributed by atoms with E-state index in [0.29, 0.717) is 6.10 Å². The third-order valence-corrected chi connectivity index (χ3v) is 2.62. The molecule has 0 aliphatic carbocycles. The first-order chi connectivity index (χ1) is 7.01. The van der Waals surface area contributed by atoms with Gasteiger partial charge in [0.1, 0.15) is 0 Å². The van der Waals surface area contributed by atoms with E-state index < -0.39 is 0 Å². The number of hydrogen-bond donors (Lipinski definition) is 0. The highest BCUT2D eigenvalue weighted by atomic mass is 16.5. The maximum Gasteiger partial charge on any atom is 0.0700 e. The predicted octanol–water partition coefficient (Wildman–Crippen LogP) is 1.91. The molecule has 0 aromatic rings. The fraction of sp³-hybridized carbons (Fsp3) is 1.00. The molecule has 3 nitrogen and oxygen atoms in total. The topological polar surface area (TPSA) is 21.7 Å². The molecule has 0 radical (unpaired) electrons. The average Bonchev–Trinajstić information content (AvgIpc) is 2.16. The van der Waals surface area contributed by atoms with Gasteiger partial charge < -0.3 is 9.47 Å². The zero-order valence-electron chi connectivity index (χ0n) is 10.6. The summed E-state index contributed by atoms with van der Waals surface area (Å²) >= 11 is 0. The molecular formula is C12H25NO2. The first-order valence-electron chi connectivity index (χ1n) is 5.99. The molecule has 0 saturated carbocycles. The van der Waals surface area contributed by atoms with Crippen molar-refractivity contribution in [1.29, 1.82) is 0 Å². The summed E-state index contributed by atoms with van der Waals surface area (Å²) in [6.07, 6.45) is 1.53. The van der Waals surface area contributed by atoms with Crippen molar-refractivity contribution in [3.63, 3.8) is 0 Å². The maximum absolute atomic E-state index is 5.72. The quantitative estimate of drug-likeness (QED) is 0.715. The molecule has 1 saturated heterocycles. The van der Waals surface area contributed by atoms with Crippen LogP contribution in [0, 0.1) is 0 Å². The van der Waals surface area contributed by atoms with Gasteiger partial charge in [-0.1, -0.05) is 6.92 Å². The van der Waals surface area contributed by atoms with E-state index in [-0.39, 0.29) is 5.60 Å². The molecule has 90 valence electrons. The molecule has 1 atom stereocenters. The zero-order valence-corrected chi connectivity index (χ0v) is 10.6. The molecule has 1 fully saturated rings. The number of rotatable bonds is 4. The molecule has 0 aromatic carbocycles. The van der Waals surface area contributed by atoms with Crippen molar-refractivity contribution >= 4 is 0 Å². The van der Waals surface area contributed by atoms with Crippen LogP contribution in [-0.2, 0) is 9.47 Å². The first kappa shape index (κ1) is 12.9. The van der Waals surface area contributed by atoms with Crippen LogP contribution >= 0.6 is 0 Å². The van der Waals surface area contributed by atoms with Crippen LogP contribution in [0.3, 0.4) is 0 Å². The maximum atomic E-state index is 5.72. The van der Waals surface area contributed by atoms with E-state index in [9.17, 15) is 0 Å². The lowest BCUT2D eigenvalue weighted by Gasteiger charge is -2.33. The van der Waals surface area contributed by atoms with Gasteiger partial charge >= 0.3 is 0 Å². The Hall–Kier alpha value is -0.120. The number of morpholine rings is 1. The van der Waals surface area contributed by atoms with E-state index in [1.165, 1.54) is 0 Å². The van der Waals surface area contributed by atoms with Crippen molar-refractivity contribution in [3.05, 3.63) is 0 Å². The highest BCUT2D eigenvalue weighted by Crippen LogP contribution is 2.10. The van der Waals surface area contributed by atoms with E-state index in [2.05, 4.69) is 32.6 Å². The summed E-state index contributed by atoms with van der Waals surface area (Å²) in [4.78, 5) is 2.43. The van der Waals surface area contributed by atoms with Crippen LogP contribution in [0.15, 0.2) is 0 Å². The fourth-order valence-corrected chi connectivity index (χ4v) is 1.71.